The molecule has 1 aromatic carbocycles. The van der Waals surface area contributed by atoms with Gasteiger partial charge in [-0.15, -0.1) is 0 Å². The van der Waals surface area contributed by atoms with E-state index in [0.29, 0.717) is 30.6 Å². The van der Waals surface area contributed by atoms with Crippen LogP contribution in [-0.4, -0.2) is 41.2 Å². The smallest absolute Gasteiger partial charge is 0.305 e. The fraction of sp³-hybridized carbons (Fsp3) is 0.550. The number of carbonyl (C=O) groups excluding carboxylic acids is 1. The van der Waals surface area contributed by atoms with Crippen molar-refractivity contribution in [2.24, 2.45) is 5.92 Å². The van der Waals surface area contributed by atoms with Crippen LogP contribution >= 0.6 is 0 Å². The number of aromatic nitrogens is 2. The minimum atomic E-state index is -0.112. The van der Waals surface area contributed by atoms with Crippen LogP contribution in [0.15, 0.2) is 28.8 Å². The van der Waals surface area contributed by atoms with Gasteiger partial charge in [-0.3, -0.25) is 9.69 Å². The van der Waals surface area contributed by atoms with Crippen LogP contribution in [0.3, 0.4) is 0 Å². The predicted molar refractivity (Wildman–Crippen MR) is 98.4 cm³/mol. The number of ether oxygens (including phenoxy) is 1. The molecular formula is C20H27N3O3. The lowest BCUT2D eigenvalue weighted by Crippen LogP contribution is -2.24. The van der Waals surface area contributed by atoms with Crippen LogP contribution in [0, 0.1) is 5.92 Å². The van der Waals surface area contributed by atoms with Crippen LogP contribution in [0.25, 0.3) is 11.4 Å². The van der Waals surface area contributed by atoms with E-state index in [9.17, 15) is 4.79 Å². The van der Waals surface area contributed by atoms with E-state index in [1.807, 2.05) is 12.1 Å². The van der Waals surface area contributed by atoms with Gasteiger partial charge in [-0.1, -0.05) is 36.3 Å². The SMILES string of the molecule is CCc1ccc(-c2noc(CN3CCC[C@H](CC(=O)OC)CC3)n2)cc1. The van der Waals surface area contributed by atoms with Gasteiger partial charge in [-0.05, 0) is 50.3 Å². The Morgan fingerprint density at radius 1 is 1.27 bits per heavy atom. The minimum absolute atomic E-state index is 0.112. The van der Waals surface area contributed by atoms with Gasteiger partial charge >= 0.3 is 5.97 Å². The zero-order chi connectivity index (χ0) is 18.4. The van der Waals surface area contributed by atoms with Crippen molar-refractivity contribution < 1.29 is 14.1 Å². The van der Waals surface area contributed by atoms with Gasteiger partial charge in [0.1, 0.15) is 0 Å². The summed E-state index contributed by atoms with van der Waals surface area (Å²) in [6.45, 7) is 4.72. The molecule has 1 fully saturated rings. The van der Waals surface area contributed by atoms with Gasteiger partial charge in [-0.25, -0.2) is 0 Å². The number of carbonyl (C=O) groups is 1. The summed E-state index contributed by atoms with van der Waals surface area (Å²) in [6.07, 6.45) is 4.66. The summed E-state index contributed by atoms with van der Waals surface area (Å²) in [5, 5.41) is 4.12. The molecule has 1 saturated heterocycles. The molecule has 26 heavy (non-hydrogen) atoms. The van der Waals surface area contributed by atoms with Crippen LogP contribution < -0.4 is 0 Å². The van der Waals surface area contributed by atoms with Gasteiger partial charge in [0.15, 0.2) is 0 Å². The van der Waals surface area contributed by atoms with Crippen LogP contribution in [0.2, 0.25) is 0 Å². The molecule has 0 saturated carbocycles. The van der Waals surface area contributed by atoms with E-state index in [0.717, 1.165) is 44.3 Å². The second kappa shape index (κ2) is 8.94. The first kappa shape index (κ1) is 18.6. The molecule has 140 valence electrons. The fourth-order valence-corrected chi connectivity index (χ4v) is 3.42. The van der Waals surface area contributed by atoms with Crippen molar-refractivity contribution in [3.8, 4) is 11.4 Å². The molecule has 6 nitrogen and oxygen atoms in total. The molecule has 1 atom stereocenters. The van der Waals surface area contributed by atoms with Crippen LogP contribution in [0.5, 0.6) is 0 Å². The summed E-state index contributed by atoms with van der Waals surface area (Å²) < 4.78 is 10.2. The van der Waals surface area contributed by atoms with Gasteiger partial charge in [-0.2, -0.15) is 4.98 Å². The number of nitrogens with zero attached hydrogens (tertiary/aromatic N) is 3. The first-order valence-corrected chi connectivity index (χ1v) is 9.39. The van der Waals surface area contributed by atoms with E-state index in [1.165, 1.54) is 12.7 Å². The van der Waals surface area contributed by atoms with Crippen LogP contribution in [0.1, 0.15) is 44.1 Å². The normalized spacial score (nSPS) is 18.5. The molecule has 0 spiro atoms. The summed E-state index contributed by atoms with van der Waals surface area (Å²) in [7, 11) is 1.45. The third-order valence-corrected chi connectivity index (χ3v) is 5.07. The van der Waals surface area contributed by atoms with Crippen LogP contribution in [0.4, 0.5) is 0 Å². The van der Waals surface area contributed by atoms with Gasteiger partial charge in [0, 0.05) is 12.0 Å². The molecule has 2 aromatic rings. The molecule has 0 N–H and O–H groups in total. The topological polar surface area (TPSA) is 68.5 Å². The number of rotatable bonds is 6. The Labute approximate surface area is 154 Å². The van der Waals surface area contributed by atoms with E-state index in [2.05, 4.69) is 34.1 Å². The Morgan fingerprint density at radius 3 is 2.81 bits per heavy atom. The number of aryl methyl sites for hydroxylation is 1. The molecule has 1 aromatic heterocycles. The lowest BCUT2D eigenvalue weighted by atomic mass is 9.97. The number of hydrogen-bond donors (Lipinski definition) is 0. The van der Waals surface area contributed by atoms with E-state index in [4.69, 9.17) is 9.26 Å². The minimum Gasteiger partial charge on any atom is -0.469 e. The van der Waals surface area contributed by atoms with E-state index < -0.39 is 0 Å². The first-order chi connectivity index (χ1) is 12.7. The molecule has 1 aliphatic rings. The highest BCUT2D eigenvalue weighted by Crippen LogP contribution is 2.23. The molecule has 1 aliphatic heterocycles. The van der Waals surface area contributed by atoms with E-state index >= 15 is 0 Å². The zero-order valence-corrected chi connectivity index (χ0v) is 15.6. The molecule has 0 amide bonds. The van der Waals surface area contributed by atoms with Crippen molar-refractivity contribution in [2.75, 3.05) is 20.2 Å². The molecule has 2 heterocycles. The third-order valence-electron chi connectivity index (χ3n) is 5.07. The number of hydrogen-bond acceptors (Lipinski definition) is 6. The van der Waals surface area contributed by atoms with Crippen molar-refractivity contribution in [2.45, 2.75) is 45.6 Å². The zero-order valence-electron chi connectivity index (χ0n) is 15.6. The Balaban J connectivity index is 1.56. The van der Waals surface area contributed by atoms with Gasteiger partial charge in [0.25, 0.3) is 0 Å². The van der Waals surface area contributed by atoms with Crippen molar-refractivity contribution in [1.29, 1.82) is 0 Å². The quantitative estimate of drug-likeness (QED) is 0.738. The summed E-state index contributed by atoms with van der Waals surface area (Å²) in [6, 6.07) is 8.27. The third kappa shape index (κ3) is 4.91. The highest BCUT2D eigenvalue weighted by Gasteiger charge is 2.21. The summed E-state index contributed by atoms with van der Waals surface area (Å²) in [4.78, 5) is 18.3. The lowest BCUT2D eigenvalue weighted by Gasteiger charge is -2.17. The van der Waals surface area contributed by atoms with Crippen molar-refractivity contribution in [3.63, 3.8) is 0 Å². The van der Waals surface area contributed by atoms with Crippen molar-refractivity contribution in [1.82, 2.24) is 15.0 Å². The monoisotopic (exact) mass is 357 g/mol. The van der Waals surface area contributed by atoms with Gasteiger partial charge < -0.3 is 9.26 Å². The number of methoxy groups -OCH3 is 1. The highest BCUT2D eigenvalue weighted by atomic mass is 16.5. The van der Waals surface area contributed by atoms with Crippen LogP contribution in [-0.2, 0) is 22.5 Å². The maximum atomic E-state index is 11.5. The molecule has 0 radical (unpaired) electrons. The number of likely N-dealkylation sites (tertiary alicyclic amines) is 1. The molecule has 0 unspecified atom stereocenters. The fourth-order valence-electron chi connectivity index (χ4n) is 3.42. The summed E-state index contributed by atoms with van der Waals surface area (Å²) >= 11 is 0. The second-order valence-corrected chi connectivity index (χ2v) is 6.92. The summed E-state index contributed by atoms with van der Waals surface area (Å²) in [5.74, 6) is 1.58. The average Bonchev–Trinajstić information content (AvgIpc) is 3.03. The Bertz CT molecular complexity index is 711. The second-order valence-electron chi connectivity index (χ2n) is 6.92. The van der Waals surface area contributed by atoms with Gasteiger partial charge in [0.05, 0.1) is 13.7 Å². The molecule has 0 aliphatic carbocycles. The highest BCUT2D eigenvalue weighted by molar-refractivity contribution is 5.69. The Hall–Kier alpha value is -2.21. The predicted octanol–water partition coefficient (Wildman–Crippen LogP) is 3.46. The Kier molecular flexibility index (Phi) is 6.39. The number of benzene rings is 1. The number of esters is 1. The molecular weight excluding hydrogens is 330 g/mol. The van der Waals surface area contributed by atoms with Gasteiger partial charge in [0.2, 0.25) is 11.7 Å². The maximum Gasteiger partial charge on any atom is 0.305 e. The largest absolute Gasteiger partial charge is 0.469 e. The molecule has 0 bridgehead atoms. The van der Waals surface area contributed by atoms with E-state index in [1.54, 1.807) is 0 Å². The first-order valence-electron chi connectivity index (χ1n) is 9.39. The molecule has 3 rings (SSSR count). The van der Waals surface area contributed by atoms with Crippen molar-refractivity contribution >= 4 is 5.97 Å². The maximum absolute atomic E-state index is 11.5. The summed E-state index contributed by atoms with van der Waals surface area (Å²) in [5.41, 5.74) is 2.27. The molecule has 6 heteroatoms. The van der Waals surface area contributed by atoms with Crippen molar-refractivity contribution in [3.05, 3.63) is 35.7 Å². The lowest BCUT2D eigenvalue weighted by molar-refractivity contribution is -0.141. The standard InChI is InChI=1S/C20H27N3O3/c1-3-15-6-8-17(9-7-15)20-21-18(26-22-20)14-23-11-4-5-16(10-12-23)13-19(24)25-2/h6-9,16H,3-5,10-14H2,1-2H3/t16-/m0/s1. The Morgan fingerprint density at radius 2 is 2.08 bits per heavy atom. The van der Waals surface area contributed by atoms with E-state index in [-0.39, 0.29) is 5.97 Å². The average molecular weight is 357 g/mol.